The maximum atomic E-state index is 13.1. The number of rotatable bonds is 5. The smallest absolute Gasteiger partial charge is 0.324 e. The summed E-state index contributed by atoms with van der Waals surface area (Å²) in [7, 11) is 0. The molecule has 0 aliphatic rings. The monoisotopic (exact) mass is 483 g/mol. The largest absolute Gasteiger partial charge is 0.436 e. The second-order valence-electron chi connectivity index (χ2n) is 7.14. The lowest BCUT2D eigenvalue weighted by molar-refractivity contribution is -0.142. The molecule has 30 heavy (non-hydrogen) atoms. The van der Waals surface area contributed by atoms with Gasteiger partial charge in [-0.05, 0) is 67.4 Å². The zero-order valence-corrected chi connectivity index (χ0v) is 18.5. The molecular weight excluding hydrogens is 463 g/mol. The summed E-state index contributed by atoms with van der Waals surface area (Å²) in [6, 6.07) is 8.30. The van der Waals surface area contributed by atoms with Crippen molar-refractivity contribution in [3.05, 3.63) is 63.1 Å². The summed E-state index contributed by atoms with van der Waals surface area (Å²) in [6.45, 7) is 7.40. The highest BCUT2D eigenvalue weighted by molar-refractivity contribution is 9.10. The third-order valence-corrected chi connectivity index (χ3v) is 5.67. The van der Waals surface area contributed by atoms with Crippen molar-refractivity contribution < 1.29 is 18.0 Å². The first kappa shape index (κ1) is 22.1. The van der Waals surface area contributed by atoms with Gasteiger partial charge in [0.05, 0.1) is 22.4 Å². The van der Waals surface area contributed by atoms with Crippen molar-refractivity contribution in [3.8, 4) is 0 Å². The maximum absolute atomic E-state index is 13.1. The van der Waals surface area contributed by atoms with Crippen molar-refractivity contribution >= 4 is 27.5 Å². The van der Waals surface area contributed by atoms with E-state index in [0.29, 0.717) is 12.2 Å². The second-order valence-corrected chi connectivity index (χ2v) is 7.93. The standard InChI is InChI=1S/C20H21BrF3N5O/c1-11-8-12(2)28(26-11)10-15-6-5-7-16(9-15)25-19(30)14(4)29-13(3)17(21)18(27-29)20(22,23)24/h5-9,14H,10H2,1-4H3,(H,25,30). The zero-order chi connectivity index (χ0) is 22.2. The number of aromatic nitrogens is 4. The summed E-state index contributed by atoms with van der Waals surface area (Å²) in [6.07, 6.45) is -4.61. The highest BCUT2D eigenvalue weighted by atomic mass is 79.9. The minimum atomic E-state index is -4.61. The van der Waals surface area contributed by atoms with Gasteiger partial charge in [0.25, 0.3) is 0 Å². The molecule has 0 aliphatic heterocycles. The van der Waals surface area contributed by atoms with Crippen molar-refractivity contribution in [2.75, 3.05) is 5.32 Å². The predicted molar refractivity (Wildman–Crippen MR) is 110 cm³/mol. The van der Waals surface area contributed by atoms with Crippen LogP contribution in [0.25, 0.3) is 0 Å². The number of aryl methyl sites for hydroxylation is 2. The lowest BCUT2D eigenvalue weighted by Crippen LogP contribution is -2.25. The molecule has 2 aromatic heterocycles. The first-order valence-electron chi connectivity index (χ1n) is 9.20. The Morgan fingerprint density at radius 3 is 2.47 bits per heavy atom. The SMILES string of the molecule is Cc1cc(C)n(Cc2cccc(NC(=O)C(C)n3nc(C(F)(F)F)c(Br)c3C)c2)n1. The number of carbonyl (C=O) groups is 1. The highest BCUT2D eigenvalue weighted by Gasteiger charge is 2.39. The van der Waals surface area contributed by atoms with Crippen LogP contribution in [0.4, 0.5) is 18.9 Å². The number of alkyl halides is 3. The fourth-order valence-electron chi connectivity index (χ4n) is 3.17. The van der Waals surface area contributed by atoms with Crippen molar-refractivity contribution in [1.29, 1.82) is 0 Å². The predicted octanol–water partition coefficient (Wildman–Crippen LogP) is 5.03. The molecule has 0 saturated carbocycles. The number of halogens is 4. The van der Waals surface area contributed by atoms with E-state index in [1.54, 1.807) is 12.1 Å². The third kappa shape index (κ3) is 4.58. The highest BCUT2D eigenvalue weighted by Crippen LogP contribution is 2.36. The van der Waals surface area contributed by atoms with E-state index < -0.39 is 23.8 Å². The Morgan fingerprint density at radius 2 is 1.90 bits per heavy atom. The molecule has 2 heterocycles. The molecule has 0 radical (unpaired) electrons. The summed E-state index contributed by atoms with van der Waals surface area (Å²) in [4.78, 5) is 12.7. The summed E-state index contributed by atoms with van der Waals surface area (Å²) in [5.74, 6) is -0.468. The van der Waals surface area contributed by atoms with E-state index >= 15 is 0 Å². The molecule has 0 fully saturated rings. The number of amides is 1. The Morgan fingerprint density at radius 1 is 1.20 bits per heavy atom. The van der Waals surface area contributed by atoms with E-state index in [1.807, 2.05) is 36.7 Å². The van der Waals surface area contributed by atoms with Crippen LogP contribution in [-0.2, 0) is 17.5 Å². The molecule has 3 aromatic rings. The molecule has 160 valence electrons. The van der Waals surface area contributed by atoms with Gasteiger partial charge in [-0.1, -0.05) is 12.1 Å². The van der Waals surface area contributed by atoms with Crippen LogP contribution in [0.5, 0.6) is 0 Å². The van der Waals surface area contributed by atoms with Gasteiger partial charge in [0.2, 0.25) is 5.91 Å². The fraction of sp³-hybridized carbons (Fsp3) is 0.350. The first-order chi connectivity index (χ1) is 14.0. The number of carbonyl (C=O) groups excluding carboxylic acids is 1. The molecule has 0 bridgehead atoms. The summed E-state index contributed by atoms with van der Waals surface area (Å²) < 4.78 is 42.0. The fourth-order valence-corrected chi connectivity index (χ4v) is 3.66. The Kier molecular flexibility index (Phi) is 6.07. The molecule has 1 unspecified atom stereocenters. The van der Waals surface area contributed by atoms with Gasteiger partial charge in [-0.25, -0.2) is 0 Å². The molecule has 6 nitrogen and oxygen atoms in total. The molecule has 1 aromatic carbocycles. The molecule has 1 atom stereocenters. The van der Waals surface area contributed by atoms with Crippen LogP contribution in [0.15, 0.2) is 34.8 Å². The number of anilines is 1. The average molecular weight is 484 g/mol. The third-order valence-electron chi connectivity index (χ3n) is 4.72. The number of hydrogen-bond acceptors (Lipinski definition) is 3. The van der Waals surface area contributed by atoms with Crippen molar-refractivity contribution in [1.82, 2.24) is 19.6 Å². The Balaban J connectivity index is 1.77. The zero-order valence-electron chi connectivity index (χ0n) is 16.9. The number of benzene rings is 1. The van der Waals surface area contributed by atoms with Crippen LogP contribution in [-0.4, -0.2) is 25.5 Å². The summed E-state index contributed by atoms with van der Waals surface area (Å²) >= 11 is 2.93. The van der Waals surface area contributed by atoms with Gasteiger partial charge < -0.3 is 5.32 Å². The van der Waals surface area contributed by atoms with E-state index in [9.17, 15) is 18.0 Å². The lowest BCUT2D eigenvalue weighted by Gasteiger charge is -2.15. The normalized spacial score (nSPS) is 12.8. The van der Waals surface area contributed by atoms with E-state index in [0.717, 1.165) is 21.6 Å². The quantitative estimate of drug-likeness (QED) is 0.553. The van der Waals surface area contributed by atoms with E-state index in [4.69, 9.17) is 0 Å². The van der Waals surface area contributed by atoms with E-state index in [2.05, 4.69) is 31.4 Å². The molecule has 0 saturated heterocycles. The lowest BCUT2D eigenvalue weighted by atomic mass is 10.2. The van der Waals surface area contributed by atoms with Crippen LogP contribution in [0.3, 0.4) is 0 Å². The molecule has 1 N–H and O–H groups in total. The average Bonchev–Trinajstić information content (AvgIpc) is 3.13. The number of nitrogens with one attached hydrogen (secondary N) is 1. The Bertz CT molecular complexity index is 1090. The van der Waals surface area contributed by atoms with Crippen LogP contribution in [0.1, 0.15) is 41.3 Å². The topological polar surface area (TPSA) is 64.7 Å². The van der Waals surface area contributed by atoms with E-state index in [1.165, 1.54) is 13.8 Å². The van der Waals surface area contributed by atoms with Gasteiger partial charge in [-0.15, -0.1) is 0 Å². The molecule has 10 heteroatoms. The summed E-state index contributed by atoms with van der Waals surface area (Å²) in [5, 5.41) is 10.8. The van der Waals surface area contributed by atoms with Crippen LogP contribution in [0, 0.1) is 20.8 Å². The molecule has 3 rings (SSSR count). The van der Waals surface area contributed by atoms with E-state index in [-0.39, 0.29) is 10.2 Å². The van der Waals surface area contributed by atoms with Gasteiger partial charge in [-0.3, -0.25) is 14.2 Å². The van der Waals surface area contributed by atoms with Crippen molar-refractivity contribution in [3.63, 3.8) is 0 Å². The number of hydrogen-bond donors (Lipinski definition) is 1. The molecular formula is C20H21BrF3N5O. The summed E-state index contributed by atoms with van der Waals surface area (Å²) in [5.41, 5.74) is 2.60. The molecule has 0 spiro atoms. The Labute approximate surface area is 180 Å². The maximum Gasteiger partial charge on any atom is 0.436 e. The first-order valence-corrected chi connectivity index (χ1v) is 9.99. The minimum Gasteiger partial charge on any atom is -0.324 e. The molecule has 1 amide bonds. The number of nitrogens with zero attached hydrogens (tertiary/aromatic N) is 4. The van der Waals surface area contributed by atoms with Gasteiger partial charge in [0, 0.05) is 11.4 Å². The van der Waals surface area contributed by atoms with Gasteiger partial charge >= 0.3 is 6.18 Å². The Hall–Kier alpha value is -2.62. The minimum absolute atomic E-state index is 0.165. The van der Waals surface area contributed by atoms with Gasteiger partial charge in [0.1, 0.15) is 6.04 Å². The van der Waals surface area contributed by atoms with Gasteiger partial charge in [-0.2, -0.15) is 23.4 Å². The van der Waals surface area contributed by atoms with Crippen molar-refractivity contribution in [2.24, 2.45) is 0 Å². The van der Waals surface area contributed by atoms with Crippen molar-refractivity contribution in [2.45, 2.75) is 46.5 Å². The van der Waals surface area contributed by atoms with Crippen LogP contribution in [0.2, 0.25) is 0 Å². The molecule has 0 aliphatic carbocycles. The van der Waals surface area contributed by atoms with Gasteiger partial charge in [0.15, 0.2) is 5.69 Å². The van der Waals surface area contributed by atoms with Crippen LogP contribution >= 0.6 is 15.9 Å². The second kappa shape index (κ2) is 8.25. The van der Waals surface area contributed by atoms with Crippen LogP contribution < -0.4 is 5.32 Å².